The predicted octanol–water partition coefficient (Wildman–Crippen LogP) is 2.30. The molecule has 7 nitrogen and oxygen atoms in total. The van der Waals surface area contributed by atoms with E-state index in [9.17, 15) is 10.1 Å². The Morgan fingerprint density at radius 2 is 1.78 bits per heavy atom. The summed E-state index contributed by atoms with van der Waals surface area (Å²) >= 11 is 0. The van der Waals surface area contributed by atoms with Crippen molar-refractivity contribution in [1.82, 2.24) is 4.90 Å². The Balaban J connectivity index is 1.54. The lowest BCUT2D eigenvalue weighted by Crippen LogP contribution is -2.50. The van der Waals surface area contributed by atoms with Crippen molar-refractivity contribution >= 4 is 11.4 Å². The molecule has 1 saturated heterocycles. The average molecular weight is 370 g/mol. The summed E-state index contributed by atoms with van der Waals surface area (Å²) in [5.74, 6) is 0.888. The van der Waals surface area contributed by atoms with Crippen molar-refractivity contribution in [1.29, 1.82) is 0 Å². The summed E-state index contributed by atoms with van der Waals surface area (Å²) in [6.45, 7) is 4.34. The van der Waals surface area contributed by atoms with Crippen LogP contribution in [0.15, 0.2) is 48.5 Å². The second kappa shape index (κ2) is 8.83. The van der Waals surface area contributed by atoms with Crippen LogP contribution in [-0.2, 0) is 6.42 Å². The van der Waals surface area contributed by atoms with E-state index in [2.05, 4.69) is 15.9 Å². The molecule has 144 valence electrons. The fraction of sp³-hybridized carbons (Fsp3) is 0.400. The van der Waals surface area contributed by atoms with Gasteiger partial charge in [0.2, 0.25) is 0 Å². The van der Waals surface area contributed by atoms with Crippen molar-refractivity contribution in [3.8, 4) is 5.75 Å². The first-order valence-electron chi connectivity index (χ1n) is 9.16. The normalized spacial score (nSPS) is 16.1. The molecule has 7 heteroatoms. The van der Waals surface area contributed by atoms with E-state index in [-0.39, 0.29) is 16.7 Å². The Bertz CT molecular complexity index is 775. The van der Waals surface area contributed by atoms with Crippen molar-refractivity contribution in [3.05, 3.63) is 64.2 Å². The summed E-state index contributed by atoms with van der Waals surface area (Å²) < 4.78 is 5.46. The quantitative estimate of drug-likeness (QED) is 0.595. The fourth-order valence-electron chi connectivity index (χ4n) is 3.60. The molecular formula is C20H26N4O3. The van der Waals surface area contributed by atoms with Gasteiger partial charge in [0.15, 0.2) is 0 Å². The third-order valence-corrected chi connectivity index (χ3v) is 4.96. The van der Waals surface area contributed by atoms with Crippen LogP contribution in [0.3, 0.4) is 0 Å². The van der Waals surface area contributed by atoms with Crippen LogP contribution in [0.5, 0.6) is 5.75 Å². The molecule has 0 spiro atoms. The molecule has 1 aliphatic heterocycles. The zero-order valence-corrected chi connectivity index (χ0v) is 15.6. The van der Waals surface area contributed by atoms with Crippen molar-refractivity contribution in [3.63, 3.8) is 0 Å². The van der Waals surface area contributed by atoms with Gasteiger partial charge < -0.3 is 15.4 Å². The van der Waals surface area contributed by atoms with Crippen LogP contribution in [0, 0.1) is 10.1 Å². The maximum absolute atomic E-state index is 11.2. The SMILES string of the molecule is COc1ccccc1N1CCN(CC(N)Cc2ccccc2[N+](=O)[O-])CC1. The molecule has 0 aromatic heterocycles. The third kappa shape index (κ3) is 4.75. The highest BCUT2D eigenvalue weighted by atomic mass is 16.6. The number of hydrogen-bond donors (Lipinski definition) is 1. The number of methoxy groups -OCH3 is 1. The molecule has 1 unspecified atom stereocenters. The Morgan fingerprint density at radius 3 is 2.48 bits per heavy atom. The monoisotopic (exact) mass is 370 g/mol. The average Bonchev–Trinajstić information content (AvgIpc) is 2.68. The summed E-state index contributed by atoms with van der Waals surface area (Å²) in [7, 11) is 1.69. The minimum atomic E-state index is -0.339. The molecule has 2 aromatic carbocycles. The topological polar surface area (TPSA) is 84.9 Å². The molecule has 3 rings (SSSR count). The van der Waals surface area contributed by atoms with Gasteiger partial charge >= 0.3 is 0 Å². The molecule has 0 amide bonds. The smallest absolute Gasteiger partial charge is 0.272 e. The number of nitro benzene ring substituents is 1. The minimum Gasteiger partial charge on any atom is -0.495 e. The summed E-state index contributed by atoms with van der Waals surface area (Å²) in [6.07, 6.45) is 0.504. The molecule has 1 fully saturated rings. The fourth-order valence-corrected chi connectivity index (χ4v) is 3.60. The van der Waals surface area contributed by atoms with Crippen LogP contribution in [0.1, 0.15) is 5.56 Å². The first-order valence-corrected chi connectivity index (χ1v) is 9.16. The van der Waals surface area contributed by atoms with E-state index in [0.29, 0.717) is 12.0 Å². The standard InChI is InChI=1S/C20H26N4O3/c1-27-20-9-5-4-8-19(20)23-12-10-22(11-13-23)15-17(21)14-16-6-2-3-7-18(16)24(25)26/h2-9,17H,10-15,21H2,1H3. The number of para-hydroxylation sites is 3. The number of anilines is 1. The number of ether oxygens (including phenoxy) is 1. The van der Waals surface area contributed by atoms with Gasteiger partial charge in [-0.2, -0.15) is 0 Å². The van der Waals surface area contributed by atoms with Crippen molar-refractivity contribution in [2.45, 2.75) is 12.5 Å². The van der Waals surface area contributed by atoms with Gasteiger partial charge in [-0.15, -0.1) is 0 Å². The van der Waals surface area contributed by atoms with Crippen molar-refractivity contribution in [2.24, 2.45) is 5.73 Å². The summed E-state index contributed by atoms with van der Waals surface area (Å²) in [5.41, 5.74) is 8.26. The summed E-state index contributed by atoms with van der Waals surface area (Å²) in [4.78, 5) is 15.5. The van der Waals surface area contributed by atoms with E-state index in [1.807, 2.05) is 24.3 Å². The number of nitrogens with zero attached hydrogens (tertiary/aromatic N) is 3. The first-order chi connectivity index (χ1) is 13.1. The van der Waals surface area contributed by atoms with E-state index >= 15 is 0 Å². The highest BCUT2D eigenvalue weighted by Crippen LogP contribution is 2.28. The van der Waals surface area contributed by atoms with Gasteiger partial charge in [-0.1, -0.05) is 30.3 Å². The molecule has 27 heavy (non-hydrogen) atoms. The molecule has 2 aromatic rings. The van der Waals surface area contributed by atoms with Gasteiger partial charge in [0.25, 0.3) is 5.69 Å². The van der Waals surface area contributed by atoms with Gasteiger partial charge in [0.1, 0.15) is 5.75 Å². The largest absolute Gasteiger partial charge is 0.495 e. The van der Waals surface area contributed by atoms with Gasteiger partial charge in [0.05, 0.1) is 17.7 Å². The zero-order chi connectivity index (χ0) is 19.2. The lowest BCUT2D eigenvalue weighted by molar-refractivity contribution is -0.385. The van der Waals surface area contributed by atoms with E-state index in [0.717, 1.165) is 44.2 Å². The Hall–Kier alpha value is -2.64. The maximum atomic E-state index is 11.2. The molecule has 2 N–H and O–H groups in total. The molecular weight excluding hydrogens is 344 g/mol. The zero-order valence-electron chi connectivity index (χ0n) is 15.6. The number of nitrogens with two attached hydrogens (primary N) is 1. The number of benzene rings is 2. The van der Waals surface area contributed by atoms with Gasteiger partial charge in [-0.3, -0.25) is 15.0 Å². The molecule has 0 aliphatic carbocycles. The Morgan fingerprint density at radius 1 is 1.11 bits per heavy atom. The van der Waals surface area contributed by atoms with Crippen LogP contribution in [-0.4, -0.2) is 55.7 Å². The summed E-state index contributed by atoms with van der Waals surface area (Å²) in [6, 6.07) is 14.7. The molecule has 0 bridgehead atoms. The van der Waals surface area contributed by atoms with Crippen LogP contribution < -0.4 is 15.4 Å². The number of rotatable bonds is 7. The molecule has 1 aliphatic rings. The Labute approximate surface area is 159 Å². The van der Waals surface area contributed by atoms with Crippen molar-refractivity contribution in [2.75, 3.05) is 44.7 Å². The first kappa shape index (κ1) is 19.1. The van der Waals surface area contributed by atoms with Gasteiger partial charge in [-0.05, 0) is 18.6 Å². The number of hydrogen-bond acceptors (Lipinski definition) is 6. The lowest BCUT2D eigenvalue weighted by atomic mass is 10.0. The minimum absolute atomic E-state index is 0.135. The van der Waals surface area contributed by atoms with E-state index in [4.69, 9.17) is 10.5 Å². The van der Waals surface area contributed by atoms with Crippen LogP contribution in [0.25, 0.3) is 0 Å². The number of nitro groups is 1. The van der Waals surface area contributed by atoms with E-state index in [1.54, 1.807) is 19.2 Å². The van der Waals surface area contributed by atoms with Crippen LogP contribution >= 0.6 is 0 Å². The second-order valence-corrected chi connectivity index (χ2v) is 6.81. The summed E-state index contributed by atoms with van der Waals surface area (Å²) in [5, 5.41) is 11.2. The predicted molar refractivity (Wildman–Crippen MR) is 106 cm³/mol. The van der Waals surface area contributed by atoms with Crippen LogP contribution in [0.4, 0.5) is 11.4 Å². The van der Waals surface area contributed by atoms with Crippen molar-refractivity contribution < 1.29 is 9.66 Å². The molecule has 0 radical (unpaired) electrons. The van der Waals surface area contributed by atoms with Gasteiger partial charge in [-0.25, -0.2) is 0 Å². The van der Waals surface area contributed by atoms with E-state index in [1.165, 1.54) is 6.07 Å². The molecule has 1 heterocycles. The maximum Gasteiger partial charge on any atom is 0.272 e. The Kier molecular flexibility index (Phi) is 6.26. The second-order valence-electron chi connectivity index (χ2n) is 6.81. The van der Waals surface area contributed by atoms with Crippen LogP contribution in [0.2, 0.25) is 0 Å². The highest BCUT2D eigenvalue weighted by Gasteiger charge is 2.22. The highest BCUT2D eigenvalue weighted by molar-refractivity contribution is 5.58. The lowest BCUT2D eigenvalue weighted by Gasteiger charge is -2.37. The van der Waals surface area contributed by atoms with Gasteiger partial charge in [0, 0.05) is 50.4 Å². The molecule has 0 saturated carbocycles. The number of piperazine rings is 1. The van der Waals surface area contributed by atoms with E-state index < -0.39 is 0 Å². The molecule has 1 atom stereocenters. The third-order valence-electron chi connectivity index (χ3n) is 4.96.